The third-order valence-electron chi connectivity index (χ3n) is 1.81. The molecule has 0 aromatic rings. The second-order valence-corrected chi connectivity index (χ2v) is 3.03. The maximum absolute atomic E-state index is 10.9. The van der Waals surface area contributed by atoms with E-state index in [4.69, 9.17) is 12.2 Å². The molecule has 2 N–H and O–H groups in total. The molecule has 0 aromatic heterocycles. The zero-order chi connectivity index (χ0) is 8.97. The lowest BCUT2D eigenvalue weighted by Crippen LogP contribution is -2.39. The van der Waals surface area contributed by atoms with Gasteiger partial charge in [-0.2, -0.15) is 0 Å². The average molecular weight is 187 g/mol. The van der Waals surface area contributed by atoms with Gasteiger partial charge < -0.3 is 15.5 Å². The van der Waals surface area contributed by atoms with Crippen molar-refractivity contribution in [2.75, 3.05) is 26.7 Å². The molecule has 68 valence electrons. The first-order valence-electron chi connectivity index (χ1n) is 3.97. The van der Waals surface area contributed by atoms with Crippen molar-refractivity contribution in [2.45, 2.75) is 6.42 Å². The van der Waals surface area contributed by atoms with Crippen LogP contribution in [0.5, 0.6) is 0 Å². The van der Waals surface area contributed by atoms with E-state index >= 15 is 0 Å². The normalized spacial score (nSPS) is 18.1. The molecule has 0 unspecified atom stereocenters. The van der Waals surface area contributed by atoms with Crippen molar-refractivity contribution < 1.29 is 4.79 Å². The number of carbonyl (C=O) groups excluding carboxylic acids is 1. The van der Waals surface area contributed by atoms with E-state index in [2.05, 4.69) is 10.6 Å². The van der Waals surface area contributed by atoms with Crippen molar-refractivity contribution in [3.05, 3.63) is 0 Å². The third-order valence-corrected chi connectivity index (χ3v) is 2.28. The fourth-order valence-electron chi connectivity index (χ4n) is 1.13. The number of amides is 1. The number of thiocarbonyl (C=S) groups is 1. The van der Waals surface area contributed by atoms with Gasteiger partial charge in [0.2, 0.25) is 5.91 Å². The van der Waals surface area contributed by atoms with Crippen molar-refractivity contribution in [3.63, 3.8) is 0 Å². The quantitative estimate of drug-likeness (QED) is 0.493. The molecular weight excluding hydrogens is 174 g/mol. The first kappa shape index (κ1) is 9.25. The maximum atomic E-state index is 10.9. The zero-order valence-corrected chi connectivity index (χ0v) is 7.91. The van der Waals surface area contributed by atoms with Crippen LogP contribution in [0.25, 0.3) is 0 Å². The molecule has 1 fully saturated rings. The first-order chi connectivity index (χ1) is 5.74. The predicted octanol–water partition coefficient (Wildman–Crippen LogP) is -0.687. The summed E-state index contributed by atoms with van der Waals surface area (Å²) in [6.45, 7) is 2.19. The molecule has 12 heavy (non-hydrogen) atoms. The molecule has 0 saturated carbocycles. The van der Waals surface area contributed by atoms with Gasteiger partial charge in [-0.25, -0.2) is 0 Å². The standard InChI is InChI=1S/C7H13N3OS/c1-8-7(12)10-4-2-6(11)9-3-5-10/h2-5H2,1H3,(H,8,12)(H,9,11). The van der Waals surface area contributed by atoms with Gasteiger partial charge in [0.05, 0.1) is 0 Å². The third kappa shape index (κ3) is 2.34. The molecule has 1 saturated heterocycles. The van der Waals surface area contributed by atoms with Crippen LogP contribution in [0.15, 0.2) is 0 Å². The molecule has 5 heteroatoms. The molecule has 0 aromatic carbocycles. The minimum Gasteiger partial charge on any atom is -0.366 e. The Morgan fingerprint density at radius 3 is 3.08 bits per heavy atom. The Morgan fingerprint density at radius 2 is 2.42 bits per heavy atom. The van der Waals surface area contributed by atoms with Gasteiger partial charge in [0.1, 0.15) is 0 Å². The number of nitrogens with zero attached hydrogens (tertiary/aromatic N) is 1. The van der Waals surface area contributed by atoms with Gasteiger partial charge in [-0.3, -0.25) is 4.79 Å². The molecule has 1 aliphatic rings. The molecule has 1 aliphatic heterocycles. The van der Waals surface area contributed by atoms with Gasteiger partial charge in [0, 0.05) is 33.1 Å². The Morgan fingerprint density at radius 1 is 1.67 bits per heavy atom. The highest BCUT2D eigenvalue weighted by Crippen LogP contribution is 1.96. The molecule has 0 radical (unpaired) electrons. The molecule has 0 spiro atoms. The van der Waals surface area contributed by atoms with Crippen molar-refractivity contribution in [3.8, 4) is 0 Å². The van der Waals surface area contributed by atoms with Crippen molar-refractivity contribution in [2.24, 2.45) is 0 Å². The Balaban J connectivity index is 2.45. The van der Waals surface area contributed by atoms with Crippen molar-refractivity contribution in [1.82, 2.24) is 15.5 Å². The Kier molecular flexibility index (Phi) is 3.28. The summed E-state index contributed by atoms with van der Waals surface area (Å²) in [5.41, 5.74) is 0. The summed E-state index contributed by atoms with van der Waals surface area (Å²) in [7, 11) is 1.79. The zero-order valence-electron chi connectivity index (χ0n) is 7.09. The van der Waals surface area contributed by atoms with Gasteiger partial charge in [-0.15, -0.1) is 0 Å². The smallest absolute Gasteiger partial charge is 0.221 e. The van der Waals surface area contributed by atoms with Gasteiger partial charge in [0.25, 0.3) is 0 Å². The van der Waals surface area contributed by atoms with Crippen LogP contribution in [0.3, 0.4) is 0 Å². The van der Waals surface area contributed by atoms with E-state index < -0.39 is 0 Å². The van der Waals surface area contributed by atoms with Gasteiger partial charge in [-0.1, -0.05) is 0 Å². The van der Waals surface area contributed by atoms with Crippen molar-refractivity contribution >= 4 is 23.2 Å². The SMILES string of the molecule is CNC(=S)N1CCNC(=O)CC1. The van der Waals surface area contributed by atoms with Gasteiger partial charge in [-0.05, 0) is 12.2 Å². The first-order valence-corrected chi connectivity index (χ1v) is 4.38. The summed E-state index contributed by atoms with van der Waals surface area (Å²) >= 11 is 5.05. The van der Waals surface area contributed by atoms with Crippen LogP contribution in [0.4, 0.5) is 0 Å². The van der Waals surface area contributed by atoms with Crippen LogP contribution >= 0.6 is 12.2 Å². The number of carbonyl (C=O) groups is 1. The molecule has 1 heterocycles. The van der Waals surface area contributed by atoms with Gasteiger partial charge in [0.15, 0.2) is 5.11 Å². The molecule has 4 nitrogen and oxygen atoms in total. The van der Waals surface area contributed by atoms with E-state index in [-0.39, 0.29) is 5.91 Å². The topological polar surface area (TPSA) is 44.4 Å². The van der Waals surface area contributed by atoms with E-state index in [1.807, 2.05) is 4.90 Å². The molecule has 0 aliphatic carbocycles. The maximum Gasteiger partial charge on any atom is 0.221 e. The number of hydrogen-bond donors (Lipinski definition) is 2. The van der Waals surface area contributed by atoms with Crippen LogP contribution in [0.1, 0.15) is 6.42 Å². The predicted molar refractivity (Wildman–Crippen MR) is 50.9 cm³/mol. The highest BCUT2D eigenvalue weighted by Gasteiger charge is 2.14. The number of nitrogens with one attached hydrogen (secondary N) is 2. The molecule has 1 rings (SSSR count). The Hall–Kier alpha value is -0.840. The summed E-state index contributed by atoms with van der Waals surface area (Å²) in [4.78, 5) is 12.9. The lowest BCUT2D eigenvalue weighted by atomic mass is 10.4. The summed E-state index contributed by atoms with van der Waals surface area (Å²) in [6.07, 6.45) is 0.530. The highest BCUT2D eigenvalue weighted by molar-refractivity contribution is 7.80. The van der Waals surface area contributed by atoms with Crippen molar-refractivity contribution in [1.29, 1.82) is 0 Å². The fraction of sp³-hybridized carbons (Fsp3) is 0.714. The second-order valence-electron chi connectivity index (χ2n) is 2.64. The minimum absolute atomic E-state index is 0.108. The average Bonchev–Trinajstić information content (AvgIpc) is 2.29. The second kappa shape index (κ2) is 4.25. The van der Waals surface area contributed by atoms with Crippen LogP contribution in [-0.4, -0.2) is 42.6 Å². The summed E-state index contributed by atoms with van der Waals surface area (Å²) in [6, 6.07) is 0. The van der Waals surface area contributed by atoms with E-state index in [1.54, 1.807) is 7.05 Å². The van der Waals surface area contributed by atoms with Gasteiger partial charge >= 0.3 is 0 Å². The lowest BCUT2D eigenvalue weighted by molar-refractivity contribution is -0.120. The Labute approximate surface area is 77.3 Å². The van der Waals surface area contributed by atoms with E-state index in [0.29, 0.717) is 24.6 Å². The van der Waals surface area contributed by atoms with E-state index in [0.717, 1.165) is 6.54 Å². The van der Waals surface area contributed by atoms with E-state index in [9.17, 15) is 4.79 Å². The Bertz CT molecular complexity index is 195. The fourth-order valence-corrected chi connectivity index (χ4v) is 1.31. The summed E-state index contributed by atoms with van der Waals surface area (Å²) in [5, 5.41) is 6.40. The monoisotopic (exact) mass is 187 g/mol. The van der Waals surface area contributed by atoms with Crippen LogP contribution in [0.2, 0.25) is 0 Å². The number of hydrogen-bond acceptors (Lipinski definition) is 2. The molecule has 1 amide bonds. The molecular formula is C7H13N3OS. The van der Waals surface area contributed by atoms with Crippen LogP contribution in [0, 0.1) is 0 Å². The lowest BCUT2D eigenvalue weighted by Gasteiger charge is -2.21. The van der Waals surface area contributed by atoms with Crippen LogP contribution in [-0.2, 0) is 4.79 Å². The molecule has 0 atom stereocenters. The number of rotatable bonds is 0. The summed E-state index contributed by atoms with van der Waals surface area (Å²) in [5.74, 6) is 0.108. The largest absolute Gasteiger partial charge is 0.366 e. The minimum atomic E-state index is 0.108. The molecule has 0 bridgehead atoms. The highest BCUT2D eigenvalue weighted by atomic mass is 32.1. The van der Waals surface area contributed by atoms with Crippen LogP contribution < -0.4 is 10.6 Å². The summed E-state index contributed by atoms with van der Waals surface area (Å²) < 4.78 is 0. The van der Waals surface area contributed by atoms with E-state index in [1.165, 1.54) is 0 Å².